The predicted octanol–water partition coefficient (Wildman–Crippen LogP) is 3.75. The number of carbonyl (C=O) groups excluding carboxylic acids is 1. The normalized spacial score (nSPS) is 11.6. The van der Waals surface area contributed by atoms with Crippen molar-refractivity contribution in [2.45, 2.75) is 37.6 Å². The van der Waals surface area contributed by atoms with E-state index in [0.717, 1.165) is 23.7 Å². The van der Waals surface area contributed by atoms with Crippen LogP contribution in [0.25, 0.3) is 0 Å². The number of rotatable bonds is 9. The Kier molecular flexibility index (Phi) is 11.9. The quantitative estimate of drug-likeness (QED) is 0.526. The average Bonchev–Trinajstić information content (AvgIpc) is 2.43. The Morgan fingerprint density at radius 1 is 1.33 bits per heavy atom. The van der Waals surface area contributed by atoms with Gasteiger partial charge < -0.3 is 10.6 Å². The Balaban J connectivity index is 0.00000400. The number of amides is 1. The predicted molar refractivity (Wildman–Crippen MR) is 94.8 cm³/mol. The molecule has 1 rings (SSSR count). The average molecular weight is 351 g/mol. The van der Waals surface area contributed by atoms with Crippen molar-refractivity contribution in [3.63, 3.8) is 0 Å². The molecule has 0 aliphatic carbocycles. The molecule has 21 heavy (non-hydrogen) atoms. The van der Waals surface area contributed by atoms with Crippen molar-refractivity contribution in [2.24, 2.45) is 0 Å². The van der Waals surface area contributed by atoms with E-state index in [2.05, 4.69) is 24.5 Å². The Hall–Kier alpha value is -0.420. The first-order valence-corrected chi connectivity index (χ1v) is 8.36. The van der Waals surface area contributed by atoms with Gasteiger partial charge in [0.1, 0.15) is 0 Å². The monoisotopic (exact) mass is 350 g/mol. The van der Waals surface area contributed by atoms with E-state index in [1.165, 1.54) is 4.90 Å². The third-order valence-corrected chi connectivity index (χ3v) is 4.14. The summed E-state index contributed by atoms with van der Waals surface area (Å²) in [6.07, 6.45) is 1.47. The van der Waals surface area contributed by atoms with E-state index >= 15 is 0 Å². The molecule has 0 aliphatic heterocycles. The van der Waals surface area contributed by atoms with Crippen molar-refractivity contribution in [3.8, 4) is 0 Å². The first kappa shape index (κ1) is 20.6. The zero-order valence-electron chi connectivity index (χ0n) is 12.5. The Bertz CT molecular complexity index is 401. The van der Waals surface area contributed by atoms with E-state index in [4.69, 9.17) is 11.6 Å². The lowest BCUT2D eigenvalue weighted by Crippen LogP contribution is -2.38. The van der Waals surface area contributed by atoms with Crippen molar-refractivity contribution >= 4 is 41.7 Å². The minimum atomic E-state index is 0. The van der Waals surface area contributed by atoms with Crippen molar-refractivity contribution < 1.29 is 4.79 Å². The SMILES string of the molecule is CCN[C@H](C)CNC(=O)CCCSc1ccc(Cl)cc1.Cl. The van der Waals surface area contributed by atoms with Gasteiger partial charge in [-0.1, -0.05) is 18.5 Å². The van der Waals surface area contributed by atoms with Crippen LogP contribution in [0.2, 0.25) is 5.02 Å². The van der Waals surface area contributed by atoms with Crippen LogP contribution in [-0.4, -0.2) is 30.8 Å². The highest BCUT2D eigenvalue weighted by atomic mass is 35.5. The van der Waals surface area contributed by atoms with Crippen LogP contribution >= 0.6 is 35.8 Å². The van der Waals surface area contributed by atoms with Gasteiger partial charge in [0.25, 0.3) is 0 Å². The number of benzene rings is 1. The van der Waals surface area contributed by atoms with E-state index < -0.39 is 0 Å². The zero-order chi connectivity index (χ0) is 14.8. The minimum Gasteiger partial charge on any atom is -0.355 e. The highest BCUT2D eigenvalue weighted by molar-refractivity contribution is 7.99. The summed E-state index contributed by atoms with van der Waals surface area (Å²) in [6, 6.07) is 8.11. The lowest BCUT2D eigenvalue weighted by Gasteiger charge is -2.13. The summed E-state index contributed by atoms with van der Waals surface area (Å²) in [5.74, 6) is 1.07. The molecule has 0 aromatic heterocycles. The first-order valence-electron chi connectivity index (χ1n) is 7.00. The van der Waals surface area contributed by atoms with Crippen LogP contribution in [0.4, 0.5) is 0 Å². The second-order valence-electron chi connectivity index (χ2n) is 4.67. The lowest BCUT2D eigenvalue weighted by molar-refractivity contribution is -0.121. The zero-order valence-corrected chi connectivity index (χ0v) is 14.9. The van der Waals surface area contributed by atoms with Gasteiger partial charge in [0.15, 0.2) is 0 Å². The molecule has 1 aromatic rings. The molecule has 0 fully saturated rings. The van der Waals surface area contributed by atoms with Crippen molar-refractivity contribution in [2.75, 3.05) is 18.8 Å². The van der Waals surface area contributed by atoms with Gasteiger partial charge in [-0.2, -0.15) is 0 Å². The van der Waals surface area contributed by atoms with Gasteiger partial charge in [-0.25, -0.2) is 0 Å². The van der Waals surface area contributed by atoms with E-state index in [1.807, 2.05) is 24.3 Å². The van der Waals surface area contributed by atoms with Crippen molar-refractivity contribution in [3.05, 3.63) is 29.3 Å². The number of likely N-dealkylation sites (N-methyl/N-ethyl adjacent to an activating group) is 1. The molecule has 0 spiro atoms. The first-order chi connectivity index (χ1) is 9.61. The van der Waals surface area contributed by atoms with Gasteiger partial charge in [-0.3, -0.25) is 4.79 Å². The maximum absolute atomic E-state index is 11.6. The van der Waals surface area contributed by atoms with Gasteiger partial charge in [0.2, 0.25) is 5.91 Å². The fourth-order valence-electron chi connectivity index (χ4n) is 1.73. The standard InChI is InChI=1S/C15H23ClN2OS.ClH/c1-3-17-12(2)11-18-15(19)5-4-10-20-14-8-6-13(16)7-9-14;/h6-9,12,17H,3-5,10-11H2,1-2H3,(H,18,19);1H/t12-;/m1./s1. The highest BCUT2D eigenvalue weighted by Crippen LogP contribution is 2.21. The number of thioether (sulfide) groups is 1. The molecule has 120 valence electrons. The molecule has 0 saturated carbocycles. The van der Waals surface area contributed by atoms with Crippen LogP contribution in [0.1, 0.15) is 26.7 Å². The number of hydrogen-bond acceptors (Lipinski definition) is 3. The van der Waals surface area contributed by atoms with Gasteiger partial charge >= 0.3 is 0 Å². The third-order valence-electron chi connectivity index (χ3n) is 2.79. The number of nitrogens with one attached hydrogen (secondary N) is 2. The van der Waals surface area contributed by atoms with Crippen LogP contribution in [0.15, 0.2) is 29.2 Å². The Morgan fingerprint density at radius 2 is 2.00 bits per heavy atom. The van der Waals surface area contributed by atoms with E-state index in [9.17, 15) is 4.79 Å². The molecule has 0 aliphatic rings. The molecule has 6 heteroatoms. The largest absolute Gasteiger partial charge is 0.355 e. The summed E-state index contributed by atoms with van der Waals surface area (Å²) in [4.78, 5) is 12.8. The van der Waals surface area contributed by atoms with Crippen LogP contribution in [-0.2, 0) is 4.79 Å². The number of hydrogen-bond donors (Lipinski definition) is 2. The van der Waals surface area contributed by atoms with Crippen molar-refractivity contribution in [1.29, 1.82) is 0 Å². The highest BCUT2D eigenvalue weighted by Gasteiger charge is 2.04. The van der Waals surface area contributed by atoms with E-state index in [-0.39, 0.29) is 18.3 Å². The Morgan fingerprint density at radius 3 is 2.62 bits per heavy atom. The fraction of sp³-hybridized carbons (Fsp3) is 0.533. The molecule has 0 saturated heterocycles. The van der Waals surface area contributed by atoms with E-state index in [1.54, 1.807) is 11.8 Å². The molecule has 0 heterocycles. The van der Waals surface area contributed by atoms with Crippen LogP contribution < -0.4 is 10.6 Å². The van der Waals surface area contributed by atoms with Crippen molar-refractivity contribution in [1.82, 2.24) is 10.6 Å². The summed E-state index contributed by atoms with van der Waals surface area (Å²) >= 11 is 7.58. The maximum Gasteiger partial charge on any atom is 0.220 e. The van der Waals surface area contributed by atoms with Crippen LogP contribution in [0, 0.1) is 0 Å². The molecular formula is C15H24Cl2N2OS. The third kappa shape index (κ3) is 10.0. The maximum atomic E-state index is 11.6. The molecule has 0 radical (unpaired) electrons. The topological polar surface area (TPSA) is 41.1 Å². The fourth-order valence-corrected chi connectivity index (χ4v) is 2.71. The molecule has 1 aromatic carbocycles. The van der Waals surface area contributed by atoms with Gasteiger partial charge in [-0.15, -0.1) is 24.2 Å². The molecule has 1 atom stereocenters. The molecule has 3 nitrogen and oxygen atoms in total. The summed E-state index contributed by atoms with van der Waals surface area (Å²) < 4.78 is 0. The lowest BCUT2D eigenvalue weighted by atomic mass is 10.3. The van der Waals surface area contributed by atoms with Crippen LogP contribution in [0.5, 0.6) is 0 Å². The van der Waals surface area contributed by atoms with Gasteiger partial charge in [-0.05, 0) is 49.9 Å². The number of carbonyl (C=O) groups is 1. The molecule has 2 N–H and O–H groups in total. The molecule has 0 bridgehead atoms. The van der Waals surface area contributed by atoms with Gasteiger partial charge in [0.05, 0.1) is 0 Å². The second-order valence-corrected chi connectivity index (χ2v) is 6.27. The summed E-state index contributed by atoms with van der Waals surface area (Å²) in [5.41, 5.74) is 0. The minimum absolute atomic E-state index is 0. The summed E-state index contributed by atoms with van der Waals surface area (Å²) in [6.45, 7) is 5.75. The molecule has 0 unspecified atom stereocenters. The summed E-state index contributed by atoms with van der Waals surface area (Å²) in [7, 11) is 0. The van der Waals surface area contributed by atoms with E-state index in [0.29, 0.717) is 19.0 Å². The second kappa shape index (κ2) is 12.2. The molecular weight excluding hydrogens is 327 g/mol. The van der Waals surface area contributed by atoms with Gasteiger partial charge in [0, 0.05) is 28.9 Å². The summed E-state index contributed by atoms with van der Waals surface area (Å²) in [5, 5.41) is 6.96. The number of halogens is 2. The van der Waals surface area contributed by atoms with Crippen LogP contribution in [0.3, 0.4) is 0 Å². The Labute approximate surface area is 143 Å². The molecule has 1 amide bonds. The smallest absolute Gasteiger partial charge is 0.220 e.